The summed E-state index contributed by atoms with van der Waals surface area (Å²) in [6.07, 6.45) is 1.79. The maximum atomic E-state index is 13.4. The minimum atomic E-state index is -0.240. The molecule has 0 atom stereocenters. The van der Waals surface area contributed by atoms with E-state index in [1.165, 1.54) is 12.1 Å². The summed E-state index contributed by atoms with van der Waals surface area (Å²) in [7, 11) is 3.58. The Morgan fingerprint density at radius 1 is 1.25 bits per heavy atom. The van der Waals surface area contributed by atoms with E-state index in [4.69, 9.17) is 22.1 Å². The molecule has 0 fully saturated rings. The first-order chi connectivity index (χ1) is 13.5. The first kappa shape index (κ1) is 20.0. The standard InChI is InChI=1S/C21H23FN4OS/c1-4-12-25-20(18-10-5-6-11-19(18)27-3)23-26(21(25)28)15-24(2)14-16-8-7-9-17(22)13-16/h4-11,13H,1,12,14-15H2,2-3H3. The van der Waals surface area contributed by atoms with E-state index >= 15 is 0 Å². The molecule has 0 spiro atoms. The number of nitrogens with zero attached hydrogens (tertiary/aromatic N) is 4. The third-order valence-electron chi connectivity index (χ3n) is 4.30. The Bertz CT molecular complexity index is 1030. The van der Waals surface area contributed by atoms with Crippen LogP contribution in [-0.2, 0) is 19.8 Å². The summed E-state index contributed by atoms with van der Waals surface area (Å²) in [5.74, 6) is 1.21. The van der Waals surface area contributed by atoms with Gasteiger partial charge in [0.25, 0.3) is 0 Å². The fraction of sp³-hybridized carbons (Fsp3) is 0.238. The largest absolute Gasteiger partial charge is 0.496 e. The second-order valence-corrected chi connectivity index (χ2v) is 6.86. The van der Waals surface area contributed by atoms with Gasteiger partial charge in [0, 0.05) is 13.1 Å². The van der Waals surface area contributed by atoms with Gasteiger partial charge < -0.3 is 4.74 Å². The average Bonchev–Trinajstić information content (AvgIpc) is 2.98. The quantitative estimate of drug-likeness (QED) is 0.413. The van der Waals surface area contributed by atoms with Crippen LogP contribution in [0.15, 0.2) is 61.2 Å². The number of allylic oxidation sites excluding steroid dienone is 1. The van der Waals surface area contributed by atoms with E-state index in [0.29, 0.717) is 24.5 Å². The Kier molecular flexibility index (Phi) is 6.38. The molecule has 5 nitrogen and oxygen atoms in total. The smallest absolute Gasteiger partial charge is 0.199 e. The van der Waals surface area contributed by atoms with Crippen molar-refractivity contribution in [2.75, 3.05) is 14.2 Å². The molecule has 146 valence electrons. The topological polar surface area (TPSA) is 35.2 Å². The maximum absolute atomic E-state index is 13.4. The van der Waals surface area contributed by atoms with Gasteiger partial charge in [0.05, 0.1) is 19.3 Å². The van der Waals surface area contributed by atoms with Crippen LogP contribution in [0.5, 0.6) is 5.75 Å². The summed E-state index contributed by atoms with van der Waals surface area (Å²) in [6.45, 7) is 5.42. The number of halogens is 1. The zero-order valence-electron chi connectivity index (χ0n) is 16.0. The Morgan fingerprint density at radius 2 is 2.04 bits per heavy atom. The van der Waals surface area contributed by atoms with Crippen LogP contribution in [-0.4, -0.2) is 33.4 Å². The van der Waals surface area contributed by atoms with Crippen molar-refractivity contribution in [3.63, 3.8) is 0 Å². The summed E-state index contributed by atoms with van der Waals surface area (Å²) in [4.78, 5) is 2.03. The highest BCUT2D eigenvalue weighted by Gasteiger charge is 2.16. The van der Waals surface area contributed by atoms with Gasteiger partial charge in [-0.2, -0.15) is 5.10 Å². The molecule has 0 N–H and O–H groups in total. The molecule has 0 saturated heterocycles. The van der Waals surface area contributed by atoms with Gasteiger partial charge >= 0.3 is 0 Å². The number of rotatable bonds is 8. The van der Waals surface area contributed by atoms with Crippen molar-refractivity contribution in [1.82, 2.24) is 19.2 Å². The van der Waals surface area contributed by atoms with Crippen LogP contribution < -0.4 is 4.74 Å². The molecule has 0 aliphatic carbocycles. The number of hydrogen-bond donors (Lipinski definition) is 0. The summed E-state index contributed by atoms with van der Waals surface area (Å²) in [6, 6.07) is 14.3. The van der Waals surface area contributed by atoms with Crippen molar-refractivity contribution < 1.29 is 9.13 Å². The summed E-state index contributed by atoms with van der Waals surface area (Å²) in [5.41, 5.74) is 1.76. The van der Waals surface area contributed by atoms with Crippen LogP contribution >= 0.6 is 12.2 Å². The molecule has 0 aliphatic heterocycles. The predicted octanol–water partition coefficient (Wildman–Crippen LogP) is 4.50. The molecule has 3 aromatic rings. The molecule has 0 radical (unpaired) electrons. The van der Waals surface area contributed by atoms with Gasteiger partial charge in [-0.05, 0) is 49.1 Å². The summed E-state index contributed by atoms with van der Waals surface area (Å²) < 4.78 is 23.2. The number of para-hydroxylation sites is 1. The summed E-state index contributed by atoms with van der Waals surface area (Å²) >= 11 is 5.65. The van der Waals surface area contributed by atoms with E-state index in [0.717, 1.165) is 22.7 Å². The highest BCUT2D eigenvalue weighted by Crippen LogP contribution is 2.28. The van der Waals surface area contributed by atoms with Gasteiger partial charge in [0.15, 0.2) is 10.6 Å². The maximum Gasteiger partial charge on any atom is 0.199 e. The van der Waals surface area contributed by atoms with Gasteiger partial charge in [0.2, 0.25) is 0 Å². The van der Waals surface area contributed by atoms with Crippen molar-refractivity contribution in [2.45, 2.75) is 19.8 Å². The summed E-state index contributed by atoms with van der Waals surface area (Å²) in [5, 5.41) is 4.74. The Balaban J connectivity index is 1.92. The molecular weight excluding hydrogens is 375 g/mol. The first-order valence-electron chi connectivity index (χ1n) is 8.88. The van der Waals surface area contributed by atoms with Crippen molar-refractivity contribution in [2.24, 2.45) is 0 Å². The van der Waals surface area contributed by atoms with Crippen LogP contribution in [0.25, 0.3) is 11.4 Å². The second-order valence-electron chi connectivity index (χ2n) is 6.49. The van der Waals surface area contributed by atoms with E-state index in [2.05, 4.69) is 6.58 Å². The Morgan fingerprint density at radius 3 is 2.75 bits per heavy atom. The SMILES string of the molecule is C=CCn1c(-c2ccccc2OC)nn(CN(C)Cc2cccc(F)c2)c1=S. The highest BCUT2D eigenvalue weighted by molar-refractivity contribution is 7.71. The fourth-order valence-corrected chi connectivity index (χ4v) is 3.34. The number of aromatic nitrogens is 3. The van der Waals surface area contributed by atoms with Crippen molar-refractivity contribution >= 4 is 12.2 Å². The molecule has 0 amide bonds. The lowest BCUT2D eigenvalue weighted by Crippen LogP contribution is -2.22. The van der Waals surface area contributed by atoms with Crippen molar-refractivity contribution in [3.8, 4) is 17.1 Å². The van der Waals surface area contributed by atoms with Gasteiger partial charge in [-0.3, -0.25) is 9.47 Å². The highest BCUT2D eigenvalue weighted by atomic mass is 32.1. The van der Waals surface area contributed by atoms with Gasteiger partial charge in [-0.15, -0.1) is 6.58 Å². The van der Waals surface area contributed by atoms with E-state index in [1.54, 1.807) is 23.9 Å². The first-order valence-corrected chi connectivity index (χ1v) is 9.29. The van der Waals surface area contributed by atoms with E-state index in [9.17, 15) is 4.39 Å². The van der Waals surface area contributed by atoms with E-state index in [1.807, 2.05) is 46.8 Å². The number of benzene rings is 2. The zero-order valence-corrected chi connectivity index (χ0v) is 16.8. The molecule has 1 heterocycles. The van der Waals surface area contributed by atoms with Gasteiger partial charge in [-0.25, -0.2) is 9.07 Å². The van der Waals surface area contributed by atoms with Crippen LogP contribution in [0.1, 0.15) is 5.56 Å². The number of ether oxygens (including phenoxy) is 1. The molecule has 0 aliphatic rings. The van der Waals surface area contributed by atoms with E-state index in [-0.39, 0.29) is 5.82 Å². The molecular formula is C21H23FN4OS. The molecule has 0 saturated carbocycles. The van der Waals surface area contributed by atoms with Crippen LogP contribution in [0.2, 0.25) is 0 Å². The number of hydrogen-bond acceptors (Lipinski definition) is 4. The zero-order chi connectivity index (χ0) is 20.1. The van der Waals surface area contributed by atoms with Crippen LogP contribution in [0, 0.1) is 10.6 Å². The lowest BCUT2D eigenvalue weighted by atomic mass is 10.2. The third kappa shape index (κ3) is 4.37. The lowest BCUT2D eigenvalue weighted by Gasteiger charge is -2.16. The second kappa shape index (κ2) is 8.95. The van der Waals surface area contributed by atoms with Crippen molar-refractivity contribution in [3.05, 3.63) is 77.3 Å². The molecule has 0 unspecified atom stereocenters. The Hall–Kier alpha value is -2.77. The Labute approximate surface area is 169 Å². The van der Waals surface area contributed by atoms with E-state index < -0.39 is 0 Å². The normalized spacial score (nSPS) is 11.0. The minimum absolute atomic E-state index is 0.240. The lowest BCUT2D eigenvalue weighted by molar-refractivity contribution is 0.243. The molecule has 2 aromatic carbocycles. The predicted molar refractivity (Wildman–Crippen MR) is 111 cm³/mol. The minimum Gasteiger partial charge on any atom is -0.496 e. The van der Waals surface area contributed by atoms with Crippen LogP contribution in [0.4, 0.5) is 4.39 Å². The monoisotopic (exact) mass is 398 g/mol. The van der Waals surface area contributed by atoms with Crippen LogP contribution in [0.3, 0.4) is 0 Å². The molecule has 0 bridgehead atoms. The fourth-order valence-electron chi connectivity index (χ4n) is 3.08. The third-order valence-corrected chi connectivity index (χ3v) is 4.73. The molecule has 7 heteroatoms. The van der Waals surface area contributed by atoms with Gasteiger partial charge in [0.1, 0.15) is 11.6 Å². The van der Waals surface area contributed by atoms with Crippen molar-refractivity contribution in [1.29, 1.82) is 0 Å². The average molecular weight is 399 g/mol. The molecule has 3 rings (SSSR count). The van der Waals surface area contributed by atoms with Gasteiger partial charge in [-0.1, -0.05) is 30.3 Å². The molecule has 1 aromatic heterocycles. The number of methoxy groups -OCH3 is 1. The molecule has 28 heavy (non-hydrogen) atoms.